The third-order valence-corrected chi connectivity index (χ3v) is 4.27. The van der Waals surface area contributed by atoms with E-state index in [9.17, 15) is 14.0 Å². The maximum atomic E-state index is 13.2. The average Bonchev–Trinajstić information content (AvgIpc) is 2.60. The summed E-state index contributed by atoms with van der Waals surface area (Å²) in [5.41, 5.74) is 2.43. The molecule has 1 amide bonds. The predicted molar refractivity (Wildman–Crippen MR) is 103 cm³/mol. The highest BCUT2D eigenvalue weighted by Gasteiger charge is 2.12. The van der Waals surface area contributed by atoms with Crippen molar-refractivity contribution in [1.29, 1.82) is 0 Å². The molecule has 27 heavy (non-hydrogen) atoms. The number of hydrogen-bond donors (Lipinski definition) is 1. The van der Waals surface area contributed by atoms with E-state index in [0.29, 0.717) is 17.8 Å². The summed E-state index contributed by atoms with van der Waals surface area (Å²) in [5.74, 6) is -0.668. The van der Waals surface area contributed by atoms with E-state index in [1.54, 1.807) is 18.0 Å². The average molecular weight is 368 g/mol. The number of anilines is 1. The van der Waals surface area contributed by atoms with Crippen LogP contribution in [0.5, 0.6) is 0 Å². The van der Waals surface area contributed by atoms with Gasteiger partial charge in [-0.25, -0.2) is 9.18 Å². The van der Waals surface area contributed by atoms with Crippen LogP contribution in [0.25, 0.3) is 11.0 Å². The molecule has 0 aliphatic heterocycles. The Morgan fingerprint density at radius 1 is 1.19 bits per heavy atom. The van der Waals surface area contributed by atoms with Gasteiger partial charge in [0, 0.05) is 23.7 Å². The zero-order valence-electron chi connectivity index (χ0n) is 15.3. The number of likely N-dealkylation sites (N-methyl/N-ethyl adjacent to an activating group) is 1. The van der Waals surface area contributed by atoms with Crippen molar-refractivity contribution in [2.75, 3.05) is 18.9 Å². The molecular weight excluding hydrogens is 347 g/mol. The molecule has 1 aromatic heterocycles. The maximum absolute atomic E-state index is 13.2. The van der Waals surface area contributed by atoms with Crippen LogP contribution < -0.4 is 10.9 Å². The van der Waals surface area contributed by atoms with Crippen molar-refractivity contribution >= 4 is 22.6 Å². The van der Waals surface area contributed by atoms with Gasteiger partial charge in [0.15, 0.2) is 0 Å². The number of hydrogen-bond acceptors (Lipinski definition) is 4. The van der Waals surface area contributed by atoms with Gasteiger partial charge < -0.3 is 9.73 Å². The number of halogens is 1. The molecule has 0 spiro atoms. The molecule has 0 saturated heterocycles. The van der Waals surface area contributed by atoms with Crippen molar-refractivity contribution in [1.82, 2.24) is 4.90 Å². The minimum Gasteiger partial charge on any atom is -0.423 e. The van der Waals surface area contributed by atoms with Crippen LogP contribution >= 0.6 is 0 Å². The highest BCUT2D eigenvalue weighted by molar-refractivity contribution is 5.92. The largest absolute Gasteiger partial charge is 0.423 e. The maximum Gasteiger partial charge on any atom is 0.336 e. The molecule has 0 aliphatic rings. The van der Waals surface area contributed by atoms with E-state index >= 15 is 0 Å². The fourth-order valence-corrected chi connectivity index (χ4v) is 2.98. The molecule has 5 nitrogen and oxygen atoms in total. The molecule has 0 saturated carbocycles. The summed E-state index contributed by atoms with van der Waals surface area (Å²) < 4.78 is 18.5. The molecule has 3 rings (SSSR count). The van der Waals surface area contributed by atoms with Crippen LogP contribution in [0.4, 0.5) is 10.1 Å². The summed E-state index contributed by atoms with van der Waals surface area (Å²) in [5, 5.41) is 3.51. The molecular formula is C21H21FN2O3. The number of nitrogens with zero attached hydrogens (tertiary/aromatic N) is 1. The summed E-state index contributed by atoms with van der Waals surface area (Å²) in [6.07, 6.45) is 0.851. The van der Waals surface area contributed by atoms with Gasteiger partial charge in [0.05, 0.1) is 6.54 Å². The highest BCUT2D eigenvalue weighted by Crippen LogP contribution is 2.20. The molecule has 2 aromatic carbocycles. The number of carbonyl (C=O) groups excluding carboxylic acids is 1. The molecule has 3 aromatic rings. The van der Waals surface area contributed by atoms with Crippen LogP contribution in [0.15, 0.2) is 57.7 Å². The second-order valence-corrected chi connectivity index (χ2v) is 6.51. The van der Waals surface area contributed by atoms with Gasteiger partial charge in [-0.15, -0.1) is 0 Å². The lowest BCUT2D eigenvalue weighted by Crippen LogP contribution is -2.30. The monoisotopic (exact) mass is 368 g/mol. The molecule has 0 atom stereocenters. The Labute approximate surface area is 156 Å². The first-order valence-corrected chi connectivity index (χ1v) is 8.74. The smallest absolute Gasteiger partial charge is 0.336 e. The van der Waals surface area contributed by atoms with Crippen molar-refractivity contribution in [2.45, 2.75) is 19.9 Å². The molecule has 0 aliphatic carbocycles. The Kier molecular flexibility index (Phi) is 5.66. The quantitative estimate of drug-likeness (QED) is 0.676. The van der Waals surface area contributed by atoms with Gasteiger partial charge in [-0.3, -0.25) is 9.69 Å². The summed E-state index contributed by atoms with van der Waals surface area (Å²) in [4.78, 5) is 25.9. The van der Waals surface area contributed by atoms with Gasteiger partial charge in [0.1, 0.15) is 11.4 Å². The molecule has 1 N–H and O–H groups in total. The summed E-state index contributed by atoms with van der Waals surface area (Å²) in [6.45, 7) is 2.55. The van der Waals surface area contributed by atoms with Crippen molar-refractivity contribution < 1.29 is 13.6 Å². The van der Waals surface area contributed by atoms with Crippen LogP contribution in [-0.2, 0) is 17.8 Å². The van der Waals surface area contributed by atoms with Crippen LogP contribution in [0, 0.1) is 5.82 Å². The lowest BCUT2D eigenvalue weighted by Gasteiger charge is -2.17. The number of aryl methyl sites for hydroxylation is 1. The second-order valence-electron chi connectivity index (χ2n) is 6.51. The Bertz CT molecular complexity index is 1030. The van der Waals surface area contributed by atoms with Crippen molar-refractivity contribution in [3.05, 3.63) is 75.9 Å². The van der Waals surface area contributed by atoms with Crippen molar-refractivity contribution in [3.63, 3.8) is 0 Å². The van der Waals surface area contributed by atoms with Gasteiger partial charge in [-0.05, 0) is 48.9 Å². The molecule has 0 unspecified atom stereocenters. The first kappa shape index (κ1) is 18.8. The third kappa shape index (κ3) is 4.80. The number of benzene rings is 2. The lowest BCUT2D eigenvalue weighted by atomic mass is 10.1. The lowest BCUT2D eigenvalue weighted by molar-refractivity contribution is -0.117. The van der Waals surface area contributed by atoms with Crippen LogP contribution in [0.3, 0.4) is 0 Å². The zero-order chi connectivity index (χ0) is 19.4. The van der Waals surface area contributed by atoms with E-state index in [0.717, 1.165) is 22.9 Å². The third-order valence-electron chi connectivity index (χ3n) is 4.27. The Morgan fingerprint density at radius 2 is 2.00 bits per heavy atom. The zero-order valence-corrected chi connectivity index (χ0v) is 15.3. The van der Waals surface area contributed by atoms with Gasteiger partial charge in [-0.2, -0.15) is 0 Å². The minimum atomic E-state index is -0.414. The Balaban J connectivity index is 1.72. The number of nitrogens with one attached hydrogen (secondary N) is 1. The first-order chi connectivity index (χ1) is 12.9. The van der Waals surface area contributed by atoms with E-state index in [4.69, 9.17) is 4.42 Å². The first-order valence-electron chi connectivity index (χ1n) is 8.74. The van der Waals surface area contributed by atoms with E-state index < -0.39 is 11.4 Å². The molecule has 1 heterocycles. The SMILES string of the molecule is CCc1ccc2c(CN(C)CC(=O)Nc3cccc(F)c3)cc(=O)oc2c1. The molecule has 0 fully saturated rings. The van der Waals surface area contributed by atoms with E-state index in [2.05, 4.69) is 5.32 Å². The fraction of sp³-hybridized carbons (Fsp3) is 0.238. The van der Waals surface area contributed by atoms with Gasteiger partial charge >= 0.3 is 5.63 Å². The Morgan fingerprint density at radius 3 is 2.74 bits per heavy atom. The number of carbonyl (C=O) groups is 1. The topological polar surface area (TPSA) is 62.6 Å². The minimum absolute atomic E-state index is 0.102. The predicted octanol–water partition coefficient (Wildman–Crippen LogP) is 3.57. The molecule has 0 radical (unpaired) electrons. The molecule has 140 valence electrons. The summed E-state index contributed by atoms with van der Waals surface area (Å²) in [6, 6.07) is 13.0. The normalized spacial score (nSPS) is 11.1. The van der Waals surface area contributed by atoms with Crippen LogP contribution in [0.2, 0.25) is 0 Å². The van der Waals surface area contributed by atoms with Gasteiger partial charge in [0.25, 0.3) is 0 Å². The van der Waals surface area contributed by atoms with Crippen LogP contribution in [-0.4, -0.2) is 24.4 Å². The van der Waals surface area contributed by atoms with Crippen molar-refractivity contribution in [3.8, 4) is 0 Å². The number of fused-ring (bicyclic) bond motifs is 1. The van der Waals surface area contributed by atoms with E-state index in [1.165, 1.54) is 24.3 Å². The number of amides is 1. The second kappa shape index (κ2) is 8.14. The highest BCUT2D eigenvalue weighted by atomic mass is 19.1. The summed E-state index contributed by atoms with van der Waals surface area (Å²) in [7, 11) is 1.78. The standard InChI is InChI=1S/C21H21FN2O3/c1-3-14-7-8-18-15(10-21(26)27-19(18)9-14)12-24(2)13-20(25)23-17-6-4-5-16(22)11-17/h4-11H,3,12-13H2,1-2H3,(H,23,25). The molecule has 6 heteroatoms. The van der Waals surface area contributed by atoms with E-state index in [-0.39, 0.29) is 12.5 Å². The van der Waals surface area contributed by atoms with Crippen molar-refractivity contribution in [2.24, 2.45) is 0 Å². The van der Waals surface area contributed by atoms with Gasteiger partial charge in [0.2, 0.25) is 5.91 Å². The van der Waals surface area contributed by atoms with Crippen LogP contribution in [0.1, 0.15) is 18.1 Å². The fourth-order valence-electron chi connectivity index (χ4n) is 2.98. The summed E-state index contributed by atoms with van der Waals surface area (Å²) >= 11 is 0. The Hall–Kier alpha value is -2.99. The number of rotatable bonds is 6. The van der Waals surface area contributed by atoms with E-state index in [1.807, 2.05) is 25.1 Å². The van der Waals surface area contributed by atoms with Gasteiger partial charge in [-0.1, -0.05) is 25.1 Å². The molecule has 0 bridgehead atoms.